The molecule has 1 amide bonds. The summed E-state index contributed by atoms with van der Waals surface area (Å²) in [5.74, 6) is 0.0487. The number of carbonyl (C=O) groups is 1. The van der Waals surface area contributed by atoms with E-state index in [0.29, 0.717) is 0 Å². The van der Waals surface area contributed by atoms with E-state index in [-0.39, 0.29) is 11.9 Å². The van der Waals surface area contributed by atoms with E-state index in [2.05, 4.69) is 10.2 Å². The molecule has 0 spiro atoms. The molecular weight excluding hydrogens is 216 g/mol. The smallest absolute Gasteiger partial charge is 0.246 e. The predicted molar refractivity (Wildman–Crippen MR) is 68.9 cm³/mol. The molecule has 0 aromatic rings. The van der Waals surface area contributed by atoms with Crippen molar-refractivity contribution >= 4 is 5.91 Å². The standard InChI is InChI=1S/C13H24N2O2/c1-4-5-11(2)13(16)14-12(3)10-15-6-8-17-9-7-15/h5,12H,4,6-10H2,1-3H3,(H,14,16)/b11-5-/t12-/m1/s1. The molecule has 4 heteroatoms. The van der Waals surface area contributed by atoms with Gasteiger partial charge in [0.25, 0.3) is 0 Å². The van der Waals surface area contributed by atoms with Gasteiger partial charge in [0, 0.05) is 31.2 Å². The van der Waals surface area contributed by atoms with Crippen molar-refractivity contribution in [1.29, 1.82) is 0 Å². The molecule has 1 rings (SSSR count). The van der Waals surface area contributed by atoms with Crippen molar-refractivity contribution < 1.29 is 9.53 Å². The number of carbonyl (C=O) groups excluding carboxylic acids is 1. The molecule has 98 valence electrons. The molecule has 17 heavy (non-hydrogen) atoms. The Labute approximate surface area is 104 Å². The lowest BCUT2D eigenvalue weighted by Gasteiger charge is -2.29. The Balaban J connectivity index is 2.30. The fourth-order valence-electron chi connectivity index (χ4n) is 1.95. The lowest BCUT2D eigenvalue weighted by molar-refractivity contribution is -0.118. The zero-order chi connectivity index (χ0) is 12.7. The van der Waals surface area contributed by atoms with Crippen molar-refractivity contribution in [2.75, 3.05) is 32.8 Å². The van der Waals surface area contributed by atoms with Crippen molar-refractivity contribution in [3.05, 3.63) is 11.6 Å². The summed E-state index contributed by atoms with van der Waals surface area (Å²) >= 11 is 0. The average Bonchev–Trinajstić information content (AvgIpc) is 2.30. The third-order valence-electron chi connectivity index (χ3n) is 2.88. The third-order valence-corrected chi connectivity index (χ3v) is 2.88. The Morgan fingerprint density at radius 1 is 1.47 bits per heavy atom. The van der Waals surface area contributed by atoms with Gasteiger partial charge in [-0.05, 0) is 20.3 Å². The molecule has 0 unspecified atom stereocenters. The predicted octanol–water partition coefficient (Wildman–Crippen LogP) is 1.18. The van der Waals surface area contributed by atoms with E-state index in [1.807, 2.05) is 26.8 Å². The Bertz CT molecular complexity index is 271. The van der Waals surface area contributed by atoms with Crippen LogP contribution in [0.25, 0.3) is 0 Å². The van der Waals surface area contributed by atoms with E-state index in [1.165, 1.54) is 0 Å². The van der Waals surface area contributed by atoms with E-state index < -0.39 is 0 Å². The maximum Gasteiger partial charge on any atom is 0.246 e. The number of nitrogens with zero attached hydrogens (tertiary/aromatic N) is 1. The van der Waals surface area contributed by atoms with Crippen LogP contribution in [-0.2, 0) is 9.53 Å². The van der Waals surface area contributed by atoms with Gasteiger partial charge in [0.1, 0.15) is 0 Å². The first-order chi connectivity index (χ1) is 8.13. The zero-order valence-electron chi connectivity index (χ0n) is 11.2. The number of allylic oxidation sites excluding steroid dienone is 1. The molecule has 1 N–H and O–H groups in total. The Morgan fingerprint density at radius 2 is 2.12 bits per heavy atom. The van der Waals surface area contributed by atoms with Gasteiger partial charge in [-0.1, -0.05) is 13.0 Å². The molecule has 1 fully saturated rings. The Hall–Kier alpha value is -0.870. The van der Waals surface area contributed by atoms with Gasteiger partial charge in [-0.15, -0.1) is 0 Å². The van der Waals surface area contributed by atoms with E-state index >= 15 is 0 Å². The van der Waals surface area contributed by atoms with Crippen molar-refractivity contribution in [3.8, 4) is 0 Å². The van der Waals surface area contributed by atoms with Crippen LogP contribution < -0.4 is 5.32 Å². The molecule has 0 radical (unpaired) electrons. The van der Waals surface area contributed by atoms with Crippen molar-refractivity contribution in [2.24, 2.45) is 0 Å². The van der Waals surface area contributed by atoms with Crippen LogP contribution in [0.3, 0.4) is 0 Å². The normalized spacial score (nSPS) is 20.1. The largest absolute Gasteiger partial charge is 0.379 e. The summed E-state index contributed by atoms with van der Waals surface area (Å²) in [6.45, 7) is 10.4. The summed E-state index contributed by atoms with van der Waals surface area (Å²) in [5.41, 5.74) is 0.807. The van der Waals surface area contributed by atoms with E-state index in [4.69, 9.17) is 4.74 Å². The monoisotopic (exact) mass is 240 g/mol. The summed E-state index contributed by atoms with van der Waals surface area (Å²) in [7, 11) is 0. The van der Waals surface area contributed by atoms with Crippen molar-refractivity contribution in [1.82, 2.24) is 10.2 Å². The molecule has 4 nitrogen and oxygen atoms in total. The SMILES string of the molecule is CC/C=C(/C)C(=O)N[C@H](C)CN1CCOCC1. The van der Waals surface area contributed by atoms with E-state index in [0.717, 1.165) is 44.8 Å². The first-order valence-electron chi connectivity index (χ1n) is 6.41. The number of morpholine rings is 1. The van der Waals surface area contributed by atoms with E-state index in [1.54, 1.807) is 0 Å². The van der Waals surface area contributed by atoms with Crippen molar-refractivity contribution in [2.45, 2.75) is 33.2 Å². The molecular formula is C13H24N2O2. The Kier molecular flexibility index (Phi) is 6.22. The minimum Gasteiger partial charge on any atom is -0.379 e. The minimum absolute atomic E-state index is 0.0487. The molecule has 1 aliphatic rings. The number of ether oxygens (including phenoxy) is 1. The highest BCUT2D eigenvalue weighted by Gasteiger charge is 2.15. The van der Waals surface area contributed by atoms with Gasteiger partial charge in [0.15, 0.2) is 0 Å². The molecule has 0 aliphatic carbocycles. The van der Waals surface area contributed by atoms with Crippen LogP contribution in [0.4, 0.5) is 0 Å². The zero-order valence-corrected chi connectivity index (χ0v) is 11.2. The lowest BCUT2D eigenvalue weighted by atomic mass is 10.2. The van der Waals surface area contributed by atoms with Crippen LogP contribution in [0.2, 0.25) is 0 Å². The highest BCUT2D eigenvalue weighted by molar-refractivity contribution is 5.92. The summed E-state index contributed by atoms with van der Waals surface area (Å²) in [5, 5.41) is 3.02. The number of rotatable bonds is 5. The van der Waals surface area contributed by atoms with Crippen LogP contribution in [-0.4, -0.2) is 49.7 Å². The molecule has 0 saturated carbocycles. The fourth-order valence-corrected chi connectivity index (χ4v) is 1.95. The van der Waals surface area contributed by atoms with Gasteiger partial charge in [0.05, 0.1) is 13.2 Å². The molecule has 1 heterocycles. The van der Waals surface area contributed by atoms with Gasteiger partial charge in [0.2, 0.25) is 5.91 Å². The summed E-state index contributed by atoms with van der Waals surface area (Å²) < 4.78 is 5.29. The first kappa shape index (κ1) is 14.2. The van der Waals surface area contributed by atoms with Crippen LogP contribution in [0.5, 0.6) is 0 Å². The van der Waals surface area contributed by atoms with Crippen molar-refractivity contribution in [3.63, 3.8) is 0 Å². The highest BCUT2D eigenvalue weighted by Crippen LogP contribution is 2.00. The van der Waals surface area contributed by atoms with Gasteiger partial charge in [-0.3, -0.25) is 9.69 Å². The Morgan fingerprint density at radius 3 is 2.71 bits per heavy atom. The van der Waals surface area contributed by atoms with Crippen LogP contribution >= 0.6 is 0 Å². The van der Waals surface area contributed by atoms with Crippen LogP contribution in [0.15, 0.2) is 11.6 Å². The molecule has 1 saturated heterocycles. The second-order valence-electron chi connectivity index (χ2n) is 4.58. The maximum atomic E-state index is 11.8. The highest BCUT2D eigenvalue weighted by atomic mass is 16.5. The number of amides is 1. The number of hydrogen-bond donors (Lipinski definition) is 1. The third kappa shape index (κ3) is 5.33. The second-order valence-corrected chi connectivity index (χ2v) is 4.58. The van der Waals surface area contributed by atoms with Gasteiger partial charge < -0.3 is 10.1 Å². The summed E-state index contributed by atoms with van der Waals surface area (Å²) in [6.07, 6.45) is 2.86. The van der Waals surface area contributed by atoms with Crippen LogP contribution in [0.1, 0.15) is 27.2 Å². The summed E-state index contributed by atoms with van der Waals surface area (Å²) in [4.78, 5) is 14.1. The maximum absolute atomic E-state index is 11.8. The quantitative estimate of drug-likeness (QED) is 0.734. The number of hydrogen-bond acceptors (Lipinski definition) is 3. The molecule has 0 aromatic carbocycles. The van der Waals surface area contributed by atoms with Gasteiger partial charge in [-0.2, -0.15) is 0 Å². The lowest BCUT2D eigenvalue weighted by Crippen LogP contribution is -2.46. The molecule has 1 atom stereocenters. The topological polar surface area (TPSA) is 41.6 Å². The molecule has 0 aromatic heterocycles. The summed E-state index contributed by atoms with van der Waals surface area (Å²) in [6, 6.07) is 0.181. The molecule has 0 bridgehead atoms. The second kappa shape index (κ2) is 7.45. The number of nitrogens with one attached hydrogen (secondary N) is 1. The van der Waals surface area contributed by atoms with Gasteiger partial charge >= 0.3 is 0 Å². The average molecular weight is 240 g/mol. The first-order valence-corrected chi connectivity index (χ1v) is 6.41. The van der Waals surface area contributed by atoms with Gasteiger partial charge in [-0.25, -0.2) is 0 Å². The van der Waals surface area contributed by atoms with Crippen LogP contribution in [0, 0.1) is 0 Å². The van der Waals surface area contributed by atoms with E-state index in [9.17, 15) is 4.79 Å². The fraction of sp³-hybridized carbons (Fsp3) is 0.769. The minimum atomic E-state index is 0.0487. The molecule has 1 aliphatic heterocycles.